The zero-order valence-electron chi connectivity index (χ0n) is 26.7. The van der Waals surface area contributed by atoms with Gasteiger partial charge in [0.1, 0.15) is 42.4 Å². The lowest BCUT2D eigenvalue weighted by Gasteiger charge is -2.31. The Balaban J connectivity index is 1.13. The van der Waals surface area contributed by atoms with Crippen LogP contribution in [0.15, 0.2) is 37.2 Å². The highest BCUT2D eigenvalue weighted by molar-refractivity contribution is 7.59. The summed E-state index contributed by atoms with van der Waals surface area (Å²) >= 11 is 0. The van der Waals surface area contributed by atoms with E-state index in [4.69, 9.17) is 30.7 Å². The molecule has 2 aliphatic rings. The highest BCUT2D eigenvalue weighted by Gasteiger charge is 2.49. The van der Waals surface area contributed by atoms with Crippen LogP contribution < -0.4 is 31.5 Å². The van der Waals surface area contributed by atoms with E-state index in [0.717, 1.165) is 6.33 Å². The minimum atomic E-state index is -5.73. The number of aliphatic hydroxyl groups excluding tert-OH is 4. The van der Waals surface area contributed by atoms with Crippen LogP contribution in [-0.4, -0.2) is 122 Å². The standard InChI is InChI=1S/C25H36N8O17P2/c26-21(38)13-2-1-3-32(8-13)24-19(36)17(34)14(48-24)9-46-51(39,40)50-52(41,42)47-10-15-18(35)20(37)25(49-15)33-12-30-16-22(28-11-29-23(16)33)31-45-7-5-43-4-6-44-27/h1-3,8,11-12,14-15,17-20,24-25,34-37H,4-7,9-10,27H2,(H4-,26,28,29,31,38,39,40,41,42)/p-1/t14-,15+,17?,18-,19+,20?,24-,25+/m1/s1. The maximum absolute atomic E-state index is 12.4. The highest BCUT2D eigenvalue weighted by Crippen LogP contribution is 2.56. The van der Waals surface area contributed by atoms with E-state index < -0.39 is 83.8 Å². The van der Waals surface area contributed by atoms with Crippen molar-refractivity contribution < 1.29 is 85.9 Å². The number of rotatable bonds is 19. The lowest BCUT2D eigenvalue weighted by molar-refractivity contribution is -0.765. The topological polar surface area (TPSA) is 364 Å². The molecule has 3 aromatic rings. The summed E-state index contributed by atoms with van der Waals surface area (Å²) in [5.41, 5.74) is 8.17. The number of hydrogen-bond acceptors (Lipinski definition) is 22. The van der Waals surface area contributed by atoms with Crippen LogP contribution in [0.1, 0.15) is 22.8 Å². The molecule has 4 unspecified atom stereocenters. The Hall–Kier alpha value is -3.17. The second-order valence-electron chi connectivity index (χ2n) is 11.0. The number of nitrogens with zero attached hydrogens (tertiary/aromatic N) is 5. The Morgan fingerprint density at radius 3 is 2.33 bits per heavy atom. The van der Waals surface area contributed by atoms with E-state index in [1.165, 1.54) is 40.0 Å². The van der Waals surface area contributed by atoms with Gasteiger partial charge in [0.05, 0.1) is 46.0 Å². The van der Waals surface area contributed by atoms with Crippen molar-refractivity contribution in [2.45, 2.75) is 49.1 Å². The van der Waals surface area contributed by atoms with Crippen molar-refractivity contribution in [3.05, 3.63) is 42.7 Å². The van der Waals surface area contributed by atoms with Crippen LogP contribution in [0.25, 0.3) is 11.2 Å². The van der Waals surface area contributed by atoms with E-state index in [2.05, 4.69) is 38.6 Å². The number of imidazole rings is 1. The number of nitrogens with two attached hydrogens (primary N) is 2. The van der Waals surface area contributed by atoms with Gasteiger partial charge >= 0.3 is 0 Å². The van der Waals surface area contributed by atoms with Crippen molar-refractivity contribution in [2.24, 2.45) is 11.6 Å². The van der Waals surface area contributed by atoms with Crippen LogP contribution >= 0.6 is 15.6 Å². The monoisotopic (exact) mass is 781 g/mol. The molecule has 2 saturated heterocycles. The maximum atomic E-state index is 12.4. The van der Waals surface area contributed by atoms with Gasteiger partial charge in [-0.25, -0.2) is 30.6 Å². The van der Waals surface area contributed by atoms with E-state index in [1.54, 1.807) is 0 Å². The summed E-state index contributed by atoms with van der Waals surface area (Å²) in [6, 6.07) is 2.80. The molecule has 0 aliphatic carbocycles. The van der Waals surface area contributed by atoms with E-state index in [9.17, 15) is 44.1 Å². The van der Waals surface area contributed by atoms with Gasteiger partial charge in [0.25, 0.3) is 27.8 Å². The number of pyridine rings is 1. The second kappa shape index (κ2) is 17.3. The van der Waals surface area contributed by atoms with Crippen molar-refractivity contribution in [3.8, 4) is 0 Å². The number of amides is 1. The Morgan fingerprint density at radius 2 is 1.63 bits per heavy atom. The van der Waals surface area contributed by atoms with E-state index in [1.807, 2.05) is 0 Å². The largest absolute Gasteiger partial charge is 0.756 e. The number of hydrogen-bond donors (Lipinski definition) is 7. The van der Waals surface area contributed by atoms with Gasteiger partial charge in [-0.2, -0.15) is 4.57 Å². The Kier molecular flexibility index (Phi) is 13.3. The molecule has 288 valence electrons. The molecule has 52 heavy (non-hydrogen) atoms. The zero-order chi connectivity index (χ0) is 37.6. The number of ether oxygens (including phenoxy) is 3. The van der Waals surface area contributed by atoms with Crippen LogP contribution in [0, 0.1) is 0 Å². The number of carbonyl (C=O) groups excluding carboxylic acids is 1. The number of anilines is 1. The van der Waals surface area contributed by atoms with Gasteiger partial charge in [-0.05, 0) is 6.07 Å². The van der Waals surface area contributed by atoms with Crippen molar-refractivity contribution in [1.29, 1.82) is 0 Å². The molecular weight excluding hydrogens is 746 g/mol. The summed E-state index contributed by atoms with van der Waals surface area (Å²) in [6.45, 7) is -1.26. The van der Waals surface area contributed by atoms with Crippen LogP contribution in [0.5, 0.6) is 0 Å². The maximum Gasteiger partial charge on any atom is 0.292 e. The van der Waals surface area contributed by atoms with Gasteiger partial charge in [0.2, 0.25) is 0 Å². The number of phosphoric ester groups is 2. The molecule has 1 amide bonds. The van der Waals surface area contributed by atoms with Gasteiger partial charge in [-0.3, -0.25) is 23.3 Å². The highest BCUT2D eigenvalue weighted by atomic mass is 31.3. The molecule has 3 aromatic heterocycles. The SMILES string of the molecule is NOCCOCCONc1ncnc2c1ncn2[C@H]1O[C@@H](COP(=O)([O-])OP(=O)([O-])OC[C@H]2O[C@@H]([n+]3cccc(C(N)=O)c3)[C@@H](O)C2O)[C@@H](O)C1O. The Labute approximate surface area is 292 Å². The number of aromatic nitrogens is 5. The average molecular weight is 782 g/mol. The molecule has 0 spiro atoms. The molecule has 0 aromatic carbocycles. The Morgan fingerprint density at radius 1 is 0.962 bits per heavy atom. The van der Waals surface area contributed by atoms with Gasteiger partial charge in [0.15, 0.2) is 41.7 Å². The molecule has 2 aliphatic heterocycles. The van der Waals surface area contributed by atoms with Crippen molar-refractivity contribution in [2.75, 3.05) is 45.1 Å². The molecule has 25 nitrogen and oxygen atoms in total. The zero-order valence-corrected chi connectivity index (χ0v) is 28.5. The van der Waals surface area contributed by atoms with Gasteiger partial charge < -0.3 is 64.0 Å². The minimum absolute atomic E-state index is 0.0451. The molecule has 27 heteroatoms. The first kappa shape index (κ1) is 40.0. The van der Waals surface area contributed by atoms with Crippen molar-refractivity contribution in [3.63, 3.8) is 0 Å². The minimum Gasteiger partial charge on any atom is -0.756 e. The normalized spacial score (nSPS) is 28.5. The predicted octanol–water partition coefficient (Wildman–Crippen LogP) is -4.61. The fraction of sp³-hybridized carbons (Fsp3) is 0.560. The van der Waals surface area contributed by atoms with Crippen LogP contribution in [0.2, 0.25) is 0 Å². The molecule has 9 N–H and O–H groups in total. The summed E-state index contributed by atoms with van der Waals surface area (Å²) < 4.78 is 56.8. The van der Waals surface area contributed by atoms with Gasteiger partial charge in [-0.15, -0.1) is 0 Å². The third kappa shape index (κ3) is 9.67. The fourth-order valence-electron chi connectivity index (χ4n) is 5.05. The van der Waals surface area contributed by atoms with Crippen LogP contribution in [0.4, 0.5) is 5.82 Å². The molecule has 10 atom stereocenters. The van der Waals surface area contributed by atoms with Crippen LogP contribution in [-0.2, 0) is 46.4 Å². The number of fused-ring (bicyclic) bond motifs is 1. The number of primary amides is 1. The van der Waals surface area contributed by atoms with Crippen molar-refractivity contribution >= 4 is 38.5 Å². The predicted molar refractivity (Wildman–Crippen MR) is 161 cm³/mol. The molecule has 0 bridgehead atoms. The molecule has 0 saturated carbocycles. The summed E-state index contributed by atoms with van der Waals surface area (Å²) in [6.07, 6.45) is -7.50. The number of phosphoric acid groups is 2. The molecule has 2 fully saturated rings. The first-order chi connectivity index (χ1) is 24.7. The molecular formula is C25H35N8O17P2-. The Bertz CT molecular complexity index is 1770. The third-order valence-electron chi connectivity index (χ3n) is 7.55. The smallest absolute Gasteiger partial charge is 0.292 e. The molecule has 0 radical (unpaired) electrons. The number of nitrogens with one attached hydrogen (secondary N) is 1. The first-order valence-electron chi connectivity index (χ1n) is 15.1. The quantitative estimate of drug-likeness (QED) is 0.0260. The molecule has 5 heterocycles. The average Bonchev–Trinajstić information content (AvgIpc) is 3.75. The third-order valence-corrected chi connectivity index (χ3v) is 10.1. The second-order valence-corrected chi connectivity index (χ2v) is 14.0. The first-order valence-corrected chi connectivity index (χ1v) is 18.0. The van der Waals surface area contributed by atoms with Gasteiger partial charge in [0, 0.05) is 6.07 Å². The summed E-state index contributed by atoms with van der Waals surface area (Å²) in [7, 11) is -11.4. The van der Waals surface area contributed by atoms with Gasteiger partial charge in [-0.1, -0.05) is 0 Å². The summed E-state index contributed by atoms with van der Waals surface area (Å²) in [5, 5.41) is 42.0. The number of carbonyl (C=O) groups is 1. The number of aliphatic hydroxyl groups is 4. The summed E-state index contributed by atoms with van der Waals surface area (Å²) in [4.78, 5) is 58.3. The van der Waals surface area contributed by atoms with E-state index in [-0.39, 0.29) is 49.0 Å². The fourth-order valence-corrected chi connectivity index (χ4v) is 7.06. The van der Waals surface area contributed by atoms with E-state index in [0.29, 0.717) is 0 Å². The van der Waals surface area contributed by atoms with Crippen LogP contribution in [0.3, 0.4) is 0 Å². The lowest BCUT2D eigenvalue weighted by atomic mass is 10.1. The summed E-state index contributed by atoms with van der Waals surface area (Å²) in [5.74, 6) is 4.26. The lowest BCUT2D eigenvalue weighted by Crippen LogP contribution is -2.46. The van der Waals surface area contributed by atoms with Crippen molar-refractivity contribution in [1.82, 2.24) is 19.5 Å². The van der Waals surface area contributed by atoms with E-state index >= 15 is 0 Å². The molecule has 5 rings (SSSR count).